The van der Waals surface area contributed by atoms with E-state index in [0.29, 0.717) is 19.6 Å². The predicted octanol–water partition coefficient (Wildman–Crippen LogP) is -0.999. The van der Waals surface area contributed by atoms with Gasteiger partial charge in [-0.15, -0.1) is 0 Å². The van der Waals surface area contributed by atoms with Crippen LogP contribution in [0.5, 0.6) is 0 Å². The number of hydrogen-bond acceptors (Lipinski definition) is 3. The molecule has 0 aromatic carbocycles. The van der Waals surface area contributed by atoms with Gasteiger partial charge in [0.25, 0.3) is 0 Å². The molecule has 0 aromatic rings. The van der Waals surface area contributed by atoms with Gasteiger partial charge >= 0.3 is 0 Å². The Morgan fingerprint density at radius 1 is 1.67 bits per heavy atom. The Labute approximate surface area is 68.1 Å². The third-order valence-electron chi connectivity index (χ3n) is 0.712. The highest BCUT2D eigenvalue weighted by atomic mass is 127. The first kappa shape index (κ1) is 9.12. The molecule has 0 unspecified atom stereocenters. The summed E-state index contributed by atoms with van der Waals surface area (Å²) < 4.78 is 2.45. The van der Waals surface area contributed by atoms with Gasteiger partial charge in [0, 0.05) is 13.1 Å². The zero-order valence-electron chi connectivity index (χ0n) is 4.98. The monoisotopic (exact) mass is 243 g/mol. The first-order valence-corrected chi connectivity index (χ1v) is 3.69. The third-order valence-corrected chi connectivity index (χ3v) is 1.31. The van der Waals surface area contributed by atoms with Crippen molar-refractivity contribution in [1.29, 1.82) is 0 Å². The van der Waals surface area contributed by atoms with E-state index in [2.05, 4.69) is 8.85 Å². The molecule has 4 nitrogen and oxygen atoms in total. The van der Waals surface area contributed by atoms with Crippen LogP contribution in [0.2, 0.25) is 0 Å². The highest BCUT2D eigenvalue weighted by Crippen LogP contribution is 1.68. The van der Waals surface area contributed by atoms with E-state index in [1.165, 1.54) is 0 Å². The van der Waals surface area contributed by atoms with Crippen molar-refractivity contribution in [3.63, 3.8) is 0 Å². The van der Waals surface area contributed by atoms with Crippen LogP contribution in [-0.4, -0.2) is 25.5 Å². The zero-order chi connectivity index (χ0) is 7.11. The van der Waals surface area contributed by atoms with Crippen molar-refractivity contribution in [3.8, 4) is 0 Å². The summed E-state index contributed by atoms with van der Waals surface area (Å²) in [7, 11) is 0. The van der Waals surface area contributed by atoms with Gasteiger partial charge in [0.05, 0.1) is 29.4 Å². The minimum absolute atomic E-state index is 0.0240. The number of nitrogens with two attached hydrogens (primary N) is 1. The van der Waals surface area contributed by atoms with Crippen LogP contribution in [0, 0.1) is 0 Å². The fraction of sp³-hybridized carbons (Fsp3) is 0.750. The van der Waals surface area contributed by atoms with Crippen molar-refractivity contribution >= 4 is 28.8 Å². The number of halogens is 1. The summed E-state index contributed by atoms with van der Waals surface area (Å²) in [5, 5.41) is 2.84. The van der Waals surface area contributed by atoms with Crippen LogP contribution in [0.15, 0.2) is 0 Å². The van der Waals surface area contributed by atoms with Crippen LogP contribution in [0.3, 0.4) is 0 Å². The number of carbonyl (C=O) groups excluding carboxylic acids is 1. The Hall–Kier alpha value is 0.120. The lowest BCUT2D eigenvalue weighted by Crippen LogP contribution is -2.31. The average molecular weight is 243 g/mol. The Balaban J connectivity index is 2.97. The van der Waals surface area contributed by atoms with Gasteiger partial charge in [-0.3, -0.25) is 8.32 Å². The van der Waals surface area contributed by atoms with E-state index in [9.17, 15) is 4.79 Å². The van der Waals surface area contributed by atoms with Gasteiger partial charge in [-0.05, 0) is 0 Å². The topological polar surface area (TPSA) is 67.1 Å². The maximum absolute atomic E-state index is 10.5. The van der Waals surface area contributed by atoms with E-state index >= 15 is 0 Å². The lowest BCUT2D eigenvalue weighted by atomic mass is 10.5. The van der Waals surface area contributed by atoms with Gasteiger partial charge in [-0.1, -0.05) is 0 Å². The summed E-state index contributed by atoms with van der Waals surface area (Å²) in [6, 6.07) is 0. The molecule has 0 saturated carbocycles. The summed E-state index contributed by atoms with van der Waals surface area (Å²) in [6.07, 6.45) is 0. The van der Waals surface area contributed by atoms with Crippen LogP contribution < -0.4 is 14.6 Å². The molecule has 0 aliphatic heterocycles. The number of hydrogen-bond donors (Lipinski definition) is 3. The van der Waals surface area contributed by atoms with E-state index in [0.717, 1.165) is 0 Å². The number of rotatable bonds is 4. The number of amides is 1. The molecule has 0 rings (SSSR count). The molecular formula is C4H10IN3O. The second kappa shape index (κ2) is 6.24. The van der Waals surface area contributed by atoms with Crippen molar-refractivity contribution < 1.29 is 4.79 Å². The fourth-order valence-electron chi connectivity index (χ4n) is 0.337. The predicted molar refractivity (Wildman–Crippen MR) is 44.1 cm³/mol. The van der Waals surface area contributed by atoms with Crippen LogP contribution in [0.1, 0.15) is 0 Å². The van der Waals surface area contributed by atoms with Crippen LogP contribution >= 0.6 is 22.9 Å². The SMILES string of the molecule is NCCNCC(=O)NI. The van der Waals surface area contributed by atoms with Crippen molar-refractivity contribution in [1.82, 2.24) is 8.85 Å². The van der Waals surface area contributed by atoms with E-state index in [1.54, 1.807) is 22.9 Å². The second-order valence-electron chi connectivity index (χ2n) is 1.48. The quantitative estimate of drug-likeness (QED) is 0.337. The normalized spacial score (nSPS) is 9.11. The Kier molecular flexibility index (Phi) is 6.33. The molecule has 0 spiro atoms. The summed E-state index contributed by atoms with van der Waals surface area (Å²) in [5.41, 5.74) is 5.16. The summed E-state index contributed by atoms with van der Waals surface area (Å²) in [5.74, 6) is -0.0240. The van der Waals surface area contributed by atoms with Gasteiger partial charge in [0.1, 0.15) is 0 Å². The first-order chi connectivity index (χ1) is 4.31. The zero-order valence-corrected chi connectivity index (χ0v) is 7.14. The summed E-state index contributed by atoms with van der Waals surface area (Å²) in [4.78, 5) is 10.5. The highest BCUT2D eigenvalue weighted by Gasteiger charge is 1.93. The van der Waals surface area contributed by atoms with Gasteiger partial charge in [-0.25, -0.2) is 0 Å². The highest BCUT2D eigenvalue weighted by molar-refractivity contribution is 14.1. The fourth-order valence-corrected chi connectivity index (χ4v) is 0.528. The summed E-state index contributed by atoms with van der Waals surface area (Å²) in [6.45, 7) is 1.60. The molecule has 0 heterocycles. The molecule has 0 radical (unpaired) electrons. The van der Waals surface area contributed by atoms with Crippen LogP contribution in [0.4, 0.5) is 0 Å². The van der Waals surface area contributed by atoms with E-state index in [1.807, 2.05) is 0 Å². The van der Waals surface area contributed by atoms with Crippen molar-refractivity contribution in [3.05, 3.63) is 0 Å². The van der Waals surface area contributed by atoms with Crippen molar-refractivity contribution in [2.24, 2.45) is 5.73 Å². The van der Waals surface area contributed by atoms with Gasteiger partial charge in [-0.2, -0.15) is 0 Å². The Morgan fingerprint density at radius 2 is 2.33 bits per heavy atom. The maximum atomic E-state index is 10.5. The van der Waals surface area contributed by atoms with Crippen LogP contribution in [-0.2, 0) is 4.79 Å². The largest absolute Gasteiger partial charge is 0.329 e. The van der Waals surface area contributed by atoms with Crippen LogP contribution in [0.25, 0.3) is 0 Å². The molecule has 4 N–H and O–H groups in total. The molecule has 1 amide bonds. The molecule has 9 heavy (non-hydrogen) atoms. The molecule has 0 aliphatic rings. The van der Waals surface area contributed by atoms with Gasteiger partial charge < -0.3 is 11.1 Å². The van der Waals surface area contributed by atoms with Gasteiger partial charge in [0.15, 0.2) is 0 Å². The second-order valence-corrected chi connectivity index (χ2v) is 2.02. The van der Waals surface area contributed by atoms with Gasteiger partial charge in [0.2, 0.25) is 5.91 Å². The third kappa shape index (κ3) is 6.00. The molecule has 0 aliphatic carbocycles. The lowest BCUT2D eigenvalue weighted by Gasteiger charge is -1.98. The summed E-state index contributed by atoms with van der Waals surface area (Å²) >= 11 is 1.79. The number of carbonyl (C=O) groups is 1. The molecule has 0 saturated heterocycles. The molecule has 0 atom stereocenters. The van der Waals surface area contributed by atoms with E-state index < -0.39 is 0 Å². The van der Waals surface area contributed by atoms with Crippen molar-refractivity contribution in [2.75, 3.05) is 19.6 Å². The minimum atomic E-state index is -0.0240. The van der Waals surface area contributed by atoms with E-state index in [4.69, 9.17) is 5.73 Å². The minimum Gasteiger partial charge on any atom is -0.329 e. The molecule has 0 aromatic heterocycles. The first-order valence-electron chi connectivity index (χ1n) is 2.61. The smallest absolute Gasteiger partial charge is 0.242 e. The molecule has 0 bridgehead atoms. The Bertz CT molecular complexity index is 87.9. The molecule has 5 heteroatoms. The van der Waals surface area contributed by atoms with E-state index in [-0.39, 0.29) is 5.91 Å². The number of nitrogens with one attached hydrogen (secondary N) is 2. The molecule has 0 fully saturated rings. The Morgan fingerprint density at radius 3 is 2.78 bits per heavy atom. The lowest BCUT2D eigenvalue weighted by molar-refractivity contribution is -0.117. The molecule has 54 valence electrons. The maximum Gasteiger partial charge on any atom is 0.242 e. The molecular weight excluding hydrogens is 233 g/mol. The average Bonchev–Trinajstić information content (AvgIpc) is 1.89. The van der Waals surface area contributed by atoms with Crippen molar-refractivity contribution in [2.45, 2.75) is 0 Å². The standard InChI is InChI=1S/C4H10IN3O/c5-8-4(9)3-7-2-1-6/h7H,1-3,6H2,(H,8,9).